The van der Waals surface area contributed by atoms with Gasteiger partial charge in [0.25, 0.3) is 5.56 Å². The summed E-state index contributed by atoms with van der Waals surface area (Å²) in [4.78, 5) is 30.9. The molecule has 34 heavy (non-hydrogen) atoms. The van der Waals surface area contributed by atoms with Crippen LogP contribution < -0.4 is 5.56 Å². The van der Waals surface area contributed by atoms with Crippen LogP contribution in [0.2, 0.25) is 0 Å². The molecule has 10 nitrogen and oxygen atoms in total. The molecule has 10 heteroatoms. The van der Waals surface area contributed by atoms with Crippen molar-refractivity contribution in [3.63, 3.8) is 0 Å². The van der Waals surface area contributed by atoms with Crippen molar-refractivity contribution in [1.29, 1.82) is 0 Å². The van der Waals surface area contributed by atoms with Gasteiger partial charge in [-0.1, -0.05) is 6.07 Å². The molecule has 182 valence electrons. The molecule has 1 aromatic carbocycles. The molecule has 0 radical (unpaired) electrons. The summed E-state index contributed by atoms with van der Waals surface area (Å²) in [5.41, 5.74) is 3.41. The number of hydrogen-bond donors (Lipinski definition) is 1. The Balaban J connectivity index is 1.75. The predicted octanol–water partition coefficient (Wildman–Crippen LogP) is 2.14. The molecule has 1 unspecified atom stereocenters. The van der Waals surface area contributed by atoms with Crippen molar-refractivity contribution in [3.05, 3.63) is 51.1 Å². The summed E-state index contributed by atoms with van der Waals surface area (Å²) in [5, 5.41) is 13.4. The van der Waals surface area contributed by atoms with Crippen LogP contribution in [-0.4, -0.2) is 69.5 Å². The van der Waals surface area contributed by atoms with Gasteiger partial charge in [0.1, 0.15) is 6.04 Å². The molecule has 1 N–H and O–H groups in total. The van der Waals surface area contributed by atoms with E-state index in [-0.39, 0.29) is 17.4 Å². The smallest absolute Gasteiger partial charge is 0.309 e. The molecule has 0 spiro atoms. The molecule has 2 aromatic heterocycles. The number of aromatic nitrogens is 5. The highest BCUT2D eigenvalue weighted by Crippen LogP contribution is 2.32. The summed E-state index contributed by atoms with van der Waals surface area (Å²) in [6.07, 6.45) is 1.30. The van der Waals surface area contributed by atoms with E-state index < -0.39 is 6.04 Å². The number of pyridine rings is 1. The van der Waals surface area contributed by atoms with Crippen LogP contribution in [0.1, 0.15) is 48.3 Å². The summed E-state index contributed by atoms with van der Waals surface area (Å²) in [5.74, 6) is 0.292. The van der Waals surface area contributed by atoms with Crippen LogP contribution in [0, 0.1) is 19.8 Å². The number of carbonyl (C=O) groups excluding carboxylic acids is 1. The zero-order valence-electron chi connectivity index (χ0n) is 20.2. The third-order valence-corrected chi connectivity index (χ3v) is 6.46. The quantitative estimate of drug-likeness (QED) is 0.500. The minimum absolute atomic E-state index is 0.138. The van der Waals surface area contributed by atoms with Gasteiger partial charge < -0.3 is 14.5 Å². The predicted molar refractivity (Wildman–Crippen MR) is 127 cm³/mol. The number of esters is 1. The number of likely N-dealkylation sites (tertiary alicyclic amines) is 1. The second-order valence-corrected chi connectivity index (χ2v) is 8.81. The number of aryl methyl sites for hydroxylation is 2. The van der Waals surface area contributed by atoms with Crippen LogP contribution in [0.4, 0.5) is 0 Å². The number of piperidine rings is 1. The second-order valence-electron chi connectivity index (χ2n) is 8.81. The standard InChI is InChI=1S/C24H32N6O4/c1-5-34-24(32)17-6-8-29(9-7-17)21(22-26-27-28-30(22)10-11-33-4)19-14-18-16(3)12-15(2)13-20(18)25-23(19)31/h12-14,17,21H,5-11H2,1-4H3,(H,25,31). The van der Waals surface area contributed by atoms with Gasteiger partial charge in [-0.25, -0.2) is 4.68 Å². The van der Waals surface area contributed by atoms with E-state index in [9.17, 15) is 9.59 Å². The fourth-order valence-electron chi connectivity index (χ4n) is 4.79. The third-order valence-electron chi connectivity index (χ3n) is 6.46. The number of nitrogens with zero attached hydrogens (tertiary/aromatic N) is 5. The second kappa shape index (κ2) is 10.4. The summed E-state index contributed by atoms with van der Waals surface area (Å²) < 4.78 is 12.1. The van der Waals surface area contributed by atoms with Crippen molar-refractivity contribution in [2.24, 2.45) is 5.92 Å². The van der Waals surface area contributed by atoms with Crippen LogP contribution in [0.25, 0.3) is 10.9 Å². The molecular weight excluding hydrogens is 436 g/mol. The lowest BCUT2D eigenvalue weighted by molar-refractivity contribution is -0.149. The molecular formula is C24H32N6O4. The maximum Gasteiger partial charge on any atom is 0.309 e. The van der Waals surface area contributed by atoms with Gasteiger partial charge in [-0.3, -0.25) is 14.5 Å². The van der Waals surface area contributed by atoms with Gasteiger partial charge in [-0.05, 0) is 67.3 Å². The fraction of sp³-hybridized carbons (Fsp3) is 0.542. The first-order valence-corrected chi connectivity index (χ1v) is 11.7. The van der Waals surface area contributed by atoms with Crippen molar-refractivity contribution >= 4 is 16.9 Å². The molecule has 1 aliphatic rings. The Kier molecular flexibility index (Phi) is 7.38. The number of carbonyl (C=O) groups is 1. The molecule has 1 aliphatic heterocycles. The monoisotopic (exact) mass is 468 g/mol. The van der Waals surface area contributed by atoms with Crippen LogP contribution in [-0.2, 0) is 20.8 Å². The van der Waals surface area contributed by atoms with Crippen molar-refractivity contribution in [3.8, 4) is 0 Å². The van der Waals surface area contributed by atoms with E-state index in [1.54, 1.807) is 11.8 Å². The number of benzene rings is 1. The minimum atomic E-state index is -0.455. The lowest BCUT2D eigenvalue weighted by atomic mass is 9.93. The molecule has 3 aromatic rings. The lowest BCUT2D eigenvalue weighted by Crippen LogP contribution is -2.42. The molecule has 4 rings (SSSR count). The first-order valence-electron chi connectivity index (χ1n) is 11.7. The van der Waals surface area contributed by atoms with Crippen LogP contribution >= 0.6 is 0 Å². The van der Waals surface area contributed by atoms with Crippen LogP contribution in [0.15, 0.2) is 23.0 Å². The van der Waals surface area contributed by atoms with Crippen molar-refractivity contribution in [2.45, 2.75) is 46.2 Å². The molecule has 1 atom stereocenters. The van der Waals surface area contributed by atoms with E-state index in [1.165, 1.54) is 0 Å². The first kappa shape index (κ1) is 24.0. The van der Waals surface area contributed by atoms with E-state index >= 15 is 0 Å². The Bertz CT molecular complexity index is 1210. The highest BCUT2D eigenvalue weighted by atomic mass is 16.5. The number of H-pyrrole nitrogens is 1. The zero-order valence-corrected chi connectivity index (χ0v) is 20.2. The maximum atomic E-state index is 13.4. The Morgan fingerprint density at radius 3 is 2.71 bits per heavy atom. The molecule has 0 bridgehead atoms. The fourth-order valence-corrected chi connectivity index (χ4v) is 4.79. The average Bonchev–Trinajstić information content (AvgIpc) is 3.27. The average molecular weight is 469 g/mol. The first-order chi connectivity index (χ1) is 16.4. The topological polar surface area (TPSA) is 115 Å². The van der Waals surface area contributed by atoms with Crippen molar-refractivity contribution in [1.82, 2.24) is 30.1 Å². The van der Waals surface area contributed by atoms with E-state index in [0.29, 0.717) is 57.1 Å². The van der Waals surface area contributed by atoms with E-state index in [2.05, 4.69) is 31.5 Å². The number of tetrazole rings is 1. The van der Waals surface area contributed by atoms with Crippen molar-refractivity contribution < 1.29 is 14.3 Å². The summed E-state index contributed by atoms with van der Waals surface area (Å²) in [7, 11) is 1.63. The minimum Gasteiger partial charge on any atom is -0.466 e. The third kappa shape index (κ3) is 4.88. The number of nitrogens with one attached hydrogen (secondary N) is 1. The Labute approximate surface area is 198 Å². The lowest BCUT2D eigenvalue weighted by Gasteiger charge is -2.36. The number of methoxy groups -OCH3 is 1. The maximum absolute atomic E-state index is 13.4. The number of hydrogen-bond acceptors (Lipinski definition) is 8. The van der Waals surface area contributed by atoms with Crippen LogP contribution in [0.3, 0.4) is 0 Å². The van der Waals surface area contributed by atoms with Gasteiger partial charge in [0, 0.05) is 36.7 Å². The van der Waals surface area contributed by atoms with Gasteiger partial charge >= 0.3 is 5.97 Å². The number of aromatic amines is 1. The van der Waals surface area contributed by atoms with Crippen LogP contribution in [0.5, 0.6) is 0 Å². The molecule has 3 heterocycles. The van der Waals surface area contributed by atoms with Crippen molar-refractivity contribution in [2.75, 3.05) is 33.4 Å². The Hall–Kier alpha value is -3.11. The number of fused-ring (bicyclic) bond motifs is 1. The number of rotatable bonds is 8. The zero-order chi connectivity index (χ0) is 24.2. The van der Waals surface area contributed by atoms with Gasteiger partial charge in [0.15, 0.2) is 5.82 Å². The summed E-state index contributed by atoms with van der Waals surface area (Å²) >= 11 is 0. The molecule has 0 saturated carbocycles. The molecule has 1 saturated heterocycles. The molecule has 0 aliphatic carbocycles. The summed E-state index contributed by atoms with van der Waals surface area (Å²) in [6.45, 7) is 8.41. The highest BCUT2D eigenvalue weighted by molar-refractivity contribution is 5.83. The van der Waals surface area contributed by atoms with Gasteiger partial charge in [-0.15, -0.1) is 5.10 Å². The SMILES string of the molecule is CCOC(=O)C1CCN(C(c2cc3c(C)cc(C)cc3[nH]c2=O)c2nnnn2CCOC)CC1. The normalized spacial score (nSPS) is 16.1. The molecule has 0 amide bonds. The van der Waals surface area contributed by atoms with Gasteiger partial charge in [0.2, 0.25) is 0 Å². The largest absolute Gasteiger partial charge is 0.466 e. The van der Waals surface area contributed by atoms with Gasteiger partial charge in [-0.2, -0.15) is 0 Å². The molecule has 1 fully saturated rings. The Morgan fingerprint density at radius 2 is 2.00 bits per heavy atom. The van der Waals surface area contributed by atoms with Gasteiger partial charge in [0.05, 0.1) is 25.7 Å². The van der Waals surface area contributed by atoms with E-state index in [1.807, 2.05) is 32.9 Å². The Morgan fingerprint density at radius 1 is 1.24 bits per heavy atom. The highest BCUT2D eigenvalue weighted by Gasteiger charge is 2.35. The number of ether oxygens (including phenoxy) is 2. The van der Waals surface area contributed by atoms with E-state index in [4.69, 9.17) is 9.47 Å². The van der Waals surface area contributed by atoms with E-state index in [0.717, 1.165) is 22.0 Å². The summed E-state index contributed by atoms with van der Waals surface area (Å²) in [6, 6.07) is 5.59.